The summed E-state index contributed by atoms with van der Waals surface area (Å²) in [6.07, 6.45) is -2.64. The number of hydrogen-bond acceptors (Lipinski definition) is 10. The molecular weight excluding hydrogens is 324 g/mol. The number of hydrogen-bond donors (Lipinski definition) is 6. The molecule has 4 atom stereocenters. The minimum absolute atomic E-state index is 0.00191. The van der Waals surface area contributed by atoms with Gasteiger partial charge in [0.15, 0.2) is 16.9 Å². The standard InChI is InChI=1S/C12H18N6O6/c13-11-16-9-6(10(22)17-11)15-4-18(9)12(1-2-23-14)8(21)7(20)5(3-19)24-12/h4-5,7-8,19-21H,1-3,14H2,(H3,13,16,17,22)/t5-,7-,8-,12-/m1/s1. The molecule has 0 spiro atoms. The topological polar surface area (TPSA) is 195 Å². The van der Waals surface area contributed by atoms with Gasteiger partial charge in [0.1, 0.15) is 18.3 Å². The van der Waals surface area contributed by atoms with Gasteiger partial charge in [0.2, 0.25) is 5.95 Å². The molecule has 0 amide bonds. The molecule has 1 aliphatic rings. The van der Waals surface area contributed by atoms with Crippen LogP contribution in [0.5, 0.6) is 0 Å². The Bertz CT molecular complexity index is 792. The first-order valence-corrected chi connectivity index (χ1v) is 7.14. The van der Waals surface area contributed by atoms with Crippen LogP contribution in [0.15, 0.2) is 11.1 Å². The second kappa shape index (κ2) is 6.08. The molecule has 132 valence electrons. The van der Waals surface area contributed by atoms with Gasteiger partial charge in [-0.2, -0.15) is 4.98 Å². The first-order valence-electron chi connectivity index (χ1n) is 7.14. The Morgan fingerprint density at radius 3 is 2.88 bits per heavy atom. The van der Waals surface area contributed by atoms with Crippen molar-refractivity contribution in [1.29, 1.82) is 0 Å². The molecular formula is C12H18N6O6. The van der Waals surface area contributed by atoms with Crippen LogP contribution >= 0.6 is 0 Å². The maximum absolute atomic E-state index is 11.9. The first-order chi connectivity index (χ1) is 11.4. The summed E-state index contributed by atoms with van der Waals surface area (Å²) in [5.41, 5.74) is 3.45. The molecule has 0 unspecified atom stereocenters. The van der Waals surface area contributed by atoms with Crippen LogP contribution in [0.2, 0.25) is 0 Å². The minimum Gasteiger partial charge on any atom is -0.394 e. The molecule has 3 heterocycles. The highest BCUT2D eigenvalue weighted by Gasteiger charge is 2.55. The average Bonchev–Trinajstić information content (AvgIpc) is 3.08. The summed E-state index contributed by atoms with van der Waals surface area (Å²) in [4.78, 5) is 26.8. The number of aromatic amines is 1. The third-order valence-electron chi connectivity index (χ3n) is 4.11. The number of aromatic nitrogens is 4. The number of ether oxygens (including phenoxy) is 1. The smallest absolute Gasteiger partial charge is 0.280 e. The van der Waals surface area contributed by atoms with E-state index < -0.39 is 36.2 Å². The third-order valence-corrected chi connectivity index (χ3v) is 4.11. The van der Waals surface area contributed by atoms with E-state index in [1.165, 1.54) is 10.9 Å². The number of fused-ring (bicyclic) bond motifs is 1. The molecule has 0 aliphatic carbocycles. The number of aliphatic hydroxyl groups excluding tert-OH is 3. The molecule has 0 saturated carbocycles. The van der Waals surface area contributed by atoms with Gasteiger partial charge in [-0.05, 0) is 0 Å². The number of nitrogen functional groups attached to an aromatic ring is 1. The van der Waals surface area contributed by atoms with E-state index in [-0.39, 0.29) is 30.1 Å². The Balaban J connectivity index is 2.19. The number of rotatable bonds is 5. The lowest BCUT2D eigenvalue weighted by molar-refractivity contribution is -0.158. The van der Waals surface area contributed by atoms with Crippen LogP contribution < -0.4 is 17.2 Å². The van der Waals surface area contributed by atoms with E-state index in [9.17, 15) is 20.1 Å². The average molecular weight is 342 g/mol. The normalized spacial score (nSPS) is 30.2. The molecule has 0 radical (unpaired) electrons. The van der Waals surface area contributed by atoms with E-state index in [2.05, 4.69) is 19.8 Å². The number of nitrogens with two attached hydrogens (primary N) is 2. The van der Waals surface area contributed by atoms with Gasteiger partial charge in [-0.3, -0.25) is 14.3 Å². The summed E-state index contributed by atoms with van der Waals surface area (Å²) in [7, 11) is 0. The Labute approximate surface area is 134 Å². The summed E-state index contributed by atoms with van der Waals surface area (Å²) in [6, 6.07) is 0. The molecule has 0 aromatic carbocycles. The molecule has 2 aromatic heterocycles. The maximum atomic E-state index is 11.9. The van der Waals surface area contributed by atoms with E-state index in [4.69, 9.17) is 16.4 Å². The zero-order valence-electron chi connectivity index (χ0n) is 12.5. The van der Waals surface area contributed by atoms with Crippen molar-refractivity contribution in [1.82, 2.24) is 19.5 Å². The summed E-state index contributed by atoms with van der Waals surface area (Å²) in [5, 5.41) is 30.0. The summed E-state index contributed by atoms with van der Waals surface area (Å²) in [5.74, 6) is 4.92. The van der Waals surface area contributed by atoms with Crippen LogP contribution in [0, 0.1) is 0 Å². The van der Waals surface area contributed by atoms with Crippen molar-refractivity contribution >= 4 is 17.1 Å². The van der Waals surface area contributed by atoms with Gasteiger partial charge in [0, 0.05) is 6.42 Å². The molecule has 3 rings (SSSR count). The van der Waals surface area contributed by atoms with Crippen molar-refractivity contribution in [2.24, 2.45) is 5.90 Å². The number of imidazole rings is 1. The van der Waals surface area contributed by atoms with Crippen LogP contribution in [0.1, 0.15) is 6.42 Å². The fourth-order valence-corrected chi connectivity index (χ4v) is 2.95. The quantitative estimate of drug-likeness (QED) is 0.300. The number of H-pyrrole nitrogens is 1. The van der Waals surface area contributed by atoms with Crippen LogP contribution in [0.4, 0.5) is 5.95 Å². The molecule has 1 fully saturated rings. The second-order valence-electron chi connectivity index (χ2n) is 5.48. The van der Waals surface area contributed by atoms with Gasteiger partial charge in [-0.15, -0.1) is 0 Å². The Morgan fingerprint density at radius 2 is 2.25 bits per heavy atom. The summed E-state index contributed by atoms with van der Waals surface area (Å²) < 4.78 is 6.99. The lowest BCUT2D eigenvalue weighted by atomic mass is 9.99. The Kier molecular flexibility index (Phi) is 4.25. The van der Waals surface area contributed by atoms with Gasteiger partial charge in [-0.25, -0.2) is 10.9 Å². The van der Waals surface area contributed by atoms with Crippen molar-refractivity contribution in [2.75, 3.05) is 18.9 Å². The van der Waals surface area contributed by atoms with Crippen molar-refractivity contribution in [3.8, 4) is 0 Å². The van der Waals surface area contributed by atoms with Crippen LogP contribution in [-0.2, 0) is 15.3 Å². The van der Waals surface area contributed by atoms with Crippen molar-refractivity contribution in [3.05, 3.63) is 16.7 Å². The molecule has 1 aliphatic heterocycles. The van der Waals surface area contributed by atoms with Crippen LogP contribution in [-0.4, -0.2) is 66.4 Å². The molecule has 0 bridgehead atoms. The zero-order valence-corrected chi connectivity index (χ0v) is 12.5. The van der Waals surface area contributed by atoms with Crippen LogP contribution in [0.25, 0.3) is 11.2 Å². The minimum atomic E-state index is -1.59. The van der Waals surface area contributed by atoms with Gasteiger partial charge in [-0.1, -0.05) is 0 Å². The lowest BCUT2D eigenvalue weighted by Crippen LogP contribution is -2.46. The van der Waals surface area contributed by atoms with E-state index in [1.807, 2.05) is 0 Å². The Morgan fingerprint density at radius 1 is 1.50 bits per heavy atom. The molecule has 12 nitrogen and oxygen atoms in total. The molecule has 2 aromatic rings. The SMILES string of the molecule is NOCC[C@@]1(n2cnc3c(=O)[nH]c(N)nc32)O[C@H](CO)[C@@H](O)[C@H]1O. The van der Waals surface area contributed by atoms with Gasteiger partial charge < -0.3 is 30.6 Å². The van der Waals surface area contributed by atoms with E-state index in [0.29, 0.717) is 0 Å². The molecule has 12 heteroatoms. The number of nitrogens with zero attached hydrogens (tertiary/aromatic N) is 3. The predicted molar refractivity (Wildman–Crippen MR) is 79.3 cm³/mol. The number of nitrogens with one attached hydrogen (secondary N) is 1. The second-order valence-corrected chi connectivity index (χ2v) is 5.48. The molecule has 24 heavy (non-hydrogen) atoms. The van der Waals surface area contributed by atoms with Crippen molar-refractivity contribution in [3.63, 3.8) is 0 Å². The third kappa shape index (κ3) is 2.36. The van der Waals surface area contributed by atoms with E-state index in [1.54, 1.807) is 0 Å². The van der Waals surface area contributed by atoms with Crippen LogP contribution in [0.3, 0.4) is 0 Å². The highest BCUT2D eigenvalue weighted by Crippen LogP contribution is 2.39. The fraction of sp³-hybridized carbons (Fsp3) is 0.583. The Hall–Kier alpha value is -2.09. The fourth-order valence-electron chi connectivity index (χ4n) is 2.95. The first kappa shape index (κ1) is 16.8. The van der Waals surface area contributed by atoms with Crippen molar-refractivity contribution < 1.29 is 24.9 Å². The van der Waals surface area contributed by atoms with Gasteiger partial charge >= 0.3 is 0 Å². The summed E-state index contributed by atoms with van der Waals surface area (Å²) >= 11 is 0. The maximum Gasteiger partial charge on any atom is 0.280 e. The highest BCUT2D eigenvalue weighted by atomic mass is 16.6. The van der Waals surface area contributed by atoms with Gasteiger partial charge in [0.05, 0.1) is 19.5 Å². The molecule has 1 saturated heterocycles. The van der Waals surface area contributed by atoms with E-state index in [0.717, 1.165) is 0 Å². The highest BCUT2D eigenvalue weighted by molar-refractivity contribution is 5.70. The van der Waals surface area contributed by atoms with E-state index >= 15 is 0 Å². The summed E-state index contributed by atoms with van der Waals surface area (Å²) in [6.45, 7) is -0.563. The number of anilines is 1. The monoisotopic (exact) mass is 342 g/mol. The zero-order chi connectivity index (χ0) is 17.5. The van der Waals surface area contributed by atoms with Gasteiger partial charge in [0.25, 0.3) is 5.56 Å². The largest absolute Gasteiger partial charge is 0.394 e. The molecule has 8 N–H and O–H groups in total. The lowest BCUT2D eigenvalue weighted by Gasteiger charge is -2.33. The predicted octanol–water partition coefficient (Wildman–Crippen LogP) is -3.25. The van der Waals surface area contributed by atoms with Crippen molar-refractivity contribution in [2.45, 2.75) is 30.5 Å². The number of aliphatic hydroxyl groups is 3.